The Labute approximate surface area is 101 Å². The lowest BCUT2D eigenvalue weighted by Crippen LogP contribution is -2.55. The van der Waals surface area contributed by atoms with E-state index < -0.39 is 6.10 Å². The van der Waals surface area contributed by atoms with Crippen molar-refractivity contribution < 1.29 is 9.90 Å². The Bertz CT molecular complexity index is 406. The highest BCUT2D eigenvalue weighted by atomic mass is 16.3. The number of aliphatic hydroxyl groups is 1. The Morgan fingerprint density at radius 3 is 2.88 bits per heavy atom. The van der Waals surface area contributed by atoms with E-state index in [1.54, 1.807) is 0 Å². The monoisotopic (exact) mass is 234 g/mol. The molecule has 1 saturated heterocycles. The first-order valence-corrected chi connectivity index (χ1v) is 5.95. The maximum absolute atomic E-state index is 11.0. The van der Waals surface area contributed by atoms with Gasteiger partial charge in [-0.3, -0.25) is 10.2 Å². The second-order valence-electron chi connectivity index (χ2n) is 4.55. The molecule has 1 aliphatic rings. The summed E-state index contributed by atoms with van der Waals surface area (Å²) in [4.78, 5) is 11.0. The van der Waals surface area contributed by atoms with Crippen LogP contribution in [-0.2, 0) is 11.2 Å². The van der Waals surface area contributed by atoms with E-state index in [4.69, 9.17) is 0 Å². The Balaban J connectivity index is 1.87. The summed E-state index contributed by atoms with van der Waals surface area (Å²) in [7, 11) is 0. The standard InChI is InChI=1S/C13H18N2O2/c1-9-4-2-3-5-10(9)6-7-11-8-12(16)13(17)15-14-11/h2-5,11-12,14,16H,6-8H2,1H3,(H,15,17). The number of hydrogen-bond donors (Lipinski definition) is 3. The molecule has 0 bridgehead atoms. The molecule has 0 aromatic heterocycles. The van der Waals surface area contributed by atoms with Crippen LogP contribution in [0, 0.1) is 6.92 Å². The maximum Gasteiger partial charge on any atom is 0.262 e. The predicted molar refractivity (Wildman–Crippen MR) is 65.2 cm³/mol. The molecule has 2 atom stereocenters. The third kappa shape index (κ3) is 3.05. The smallest absolute Gasteiger partial charge is 0.262 e. The highest BCUT2D eigenvalue weighted by Crippen LogP contribution is 2.14. The fraction of sp³-hybridized carbons (Fsp3) is 0.462. The lowest BCUT2D eigenvalue weighted by molar-refractivity contribution is -0.134. The topological polar surface area (TPSA) is 61.4 Å². The van der Waals surface area contributed by atoms with Crippen LogP contribution in [0.3, 0.4) is 0 Å². The van der Waals surface area contributed by atoms with E-state index in [1.807, 2.05) is 12.1 Å². The van der Waals surface area contributed by atoms with Gasteiger partial charge in [-0.05, 0) is 37.3 Å². The Hall–Kier alpha value is -1.39. The summed E-state index contributed by atoms with van der Waals surface area (Å²) < 4.78 is 0. The quantitative estimate of drug-likeness (QED) is 0.721. The normalized spacial score (nSPS) is 24.5. The summed E-state index contributed by atoms with van der Waals surface area (Å²) in [6.45, 7) is 2.10. The number of benzene rings is 1. The van der Waals surface area contributed by atoms with Gasteiger partial charge in [0, 0.05) is 6.04 Å². The molecule has 17 heavy (non-hydrogen) atoms. The lowest BCUT2D eigenvalue weighted by atomic mass is 9.97. The zero-order valence-electron chi connectivity index (χ0n) is 9.94. The maximum atomic E-state index is 11.0. The molecule has 0 aliphatic carbocycles. The number of hydrogen-bond acceptors (Lipinski definition) is 3. The van der Waals surface area contributed by atoms with Crippen LogP contribution in [0.15, 0.2) is 24.3 Å². The van der Waals surface area contributed by atoms with Gasteiger partial charge in [0.05, 0.1) is 0 Å². The fourth-order valence-electron chi connectivity index (χ4n) is 2.10. The molecule has 1 aromatic rings. The Kier molecular flexibility index (Phi) is 3.76. The second-order valence-corrected chi connectivity index (χ2v) is 4.55. The van der Waals surface area contributed by atoms with Crippen molar-refractivity contribution in [3.63, 3.8) is 0 Å². The number of aryl methyl sites for hydroxylation is 2. The molecule has 3 N–H and O–H groups in total. The van der Waals surface area contributed by atoms with Crippen LogP contribution in [0.5, 0.6) is 0 Å². The molecule has 1 aromatic carbocycles. The van der Waals surface area contributed by atoms with Crippen molar-refractivity contribution in [1.29, 1.82) is 0 Å². The molecule has 0 spiro atoms. The van der Waals surface area contributed by atoms with Gasteiger partial charge in [-0.2, -0.15) is 0 Å². The number of carbonyl (C=O) groups excluding carboxylic acids is 1. The van der Waals surface area contributed by atoms with Crippen molar-refractivity contribution >= 4 is 5.91 Å². The molecule has 0 radical (unpaired) electrons. The van der Waals surface area contributed by atoms with E-state index in [0.717, 1.165) is 12.8 Å². The molecule has 1 heterocycles. The van der Waals surface area contributed by atoms with Crippen LogP contribution >= 0.6 is 0 Å². The van der Waals surface area contributed by atoms with Crippen molar-refractivity contribution in [1.82, 2.24) is 10.9 Å². The van der Waals surface area contributed by atoms with Gasteiger partial charge in [-0.15, -0.1) is 0 Å². The number of nitrogens with one attached hydrogen (secondary N) is 2. The fourth-order valence-corrected chi connectivity index (χ4v) is 2.10. The van der Waals surface area contributed by atoms with E-state index in [-0.39, 0.29) is 11.9 Å². The van der Waals surface area contributed by atoms with Gasteiger partial charge in [0.2, 0.25) is 0 Å². The summed E-state index contributed by atoms with van der Waals surface area (Å²) in [6.07, 6.45) is 1.46. The first-order valence-electron chi connectivity index (χ1n) is 5.95. The number of hydrazine groups is 1. The largest absolute Gasteiger partial charge is 0.383 e. The number of rotatable bonds is 3. The zero-order chi connectivity index (χ0) is 12.3. The molecule has 4 nitrogen and oxygen atoms in total. The molecule has 0 saturated carbocycles. The highest BCUT2D eigenvalue weighted by Gasteiger charge is 2.25. The first-order chi connectivity index (χ1) is 8.16. The van der Waals surface area contributed by atoms with Crippen molar-refractivity contribution in [3.8, 4) is 0 Å². The third-order valence-electron chi connectivity index (χ3n) is 3.23. The number of carbonyl (C=O) groups is 1. The van der Waals surface area contributed by atoms with E-state index in [1.165, 1.54) is 11.1 Å². The van der Waals surface area contributed by atoms with Crippen LogP contribution in [-0.4, -0.2) is 23.2 Å². The van der Waals surface area contributed by atoms with Crippen LogP contribution in [0.2, 0.25) is 0 Å². The van der Waals surface area contributed by atoms with Gasteiger partial charge in [0.15, 0.2) is 0 Å². The summed E-state index contributed by atoms with van der Waals surface area (Å²) in [5.74, 6) is -0.336. The van der Waals surface area contributed by atoms with Crippen molar-refractivity contribution in [3.05, 3.63) is 35.4 Å². The minimum absolute atomic E-state index is 0.141. The van der Waals surface area contributed by atoms with Gasteiger partial charge in [0.25, 0.3) is 5.91 Å². The summed E-state index contributed by atoms with van der Waals surface area (Å²) in [5.41, 5.74) is 8.03. The molecule has 1 amide bonds. The van der Waals surface area contributed by atoms with Crippen LogP contribution in [0.4, 0.5) is 0 Å². The Morgan fingerprint density at radius 2 is 2.18 bits per heavy atom. The minimum Gasteiger partial charge on any atom is -0.383 e. The molecular formula is C13H18N2O2. The Morgan fingerprint density at radius 1 is 1.41 bits per heavy atom. The molecule has 4 heteroatoms. The minimum atomic E-state index is -0.877. The average molecular weight is 234 g/mol. The lowest BCUT2D eigenvalue weighted by Gasteiger charge is -2.27. The molecule has 1 aliphatic heterocycles. The van der Waals surface area contributed by atoms with Gasteiger partial charge in [-0.25, -0.2) is 5.43 Å². The van der Waals surface area contributed by atoms with Crippen molar-refractivity contribution in [2.24, 2.45) is 0 Å². The second kappa shape index (κ2) is 5.29. The first kappa shape index (κ1) is 12.1. The van der Waals surface area contributed by atoms with Crippen molar-refractivity contribution in [2.75, 3.05) is 0 Å². The van der Waals surface area contributed by atoms with Gasteiger partial charge < -0.3 is 5.11 Å². The van der Waals surface area contributed by atoms with Crippen LogP contribution < -0.4 is 10.9 Å². The van der Waals surface area contributed by atoms with Crippen LogP contribution in [0.25, 0.3) is 0 Å². The molecule has 2 rings (SSSR count). The predicted octanol–water partition coefficient (Wildman–Crippen LogP) is 0.682. The van der Waals surface area contributed by atoms with E-state index in [0.29, 0.717) is 6.42 Å². The van der Waals surface area contributed by atoms with Crippen LogP contribution in [0.1, 0.15) is 24.0 Å². The average Bonchev–Trinajstić information content (AvgIpc) is 2.32. The summed E-state index contributed by atoms with van der Waals surface area (Å²) in [6, 6.07) is 8.42. The molecule has 2 unspecified atom stereocenters. The SMILES string of the molecule is Cc1ccccc1CCC1CC(O)C(=O)NN1. The molecular weight excluding hydrogens is 216 g/mol. The van der Waals surface area contributed by atoms with Gasteiger partial charge in [-0.1, -0.05) is 24.3 Å². The van der Waals surface area contributed by atoms with Gasteiger partial charge >= 0.3 is 0 Å². The third-order valence-corrected chi connectivity index (χ3v) is 3.23. The number of amides is 1. The summed E-state index contributed by atoms with van der Waals surface area (Å²) in [5, 5.41) is 9.45. The number of aliphatic hydroxyl groups excluding tert-OH is 1. The van der Waals surface area contributed by atoms with Gasteiger partial charge in [0.1, 0.15) is 6.10 Å². The van der Waals surface area contributed by atoms with Crippen molar-refractivity contribution in [2.45, 2.75) is 38.3 Å². The molecule has 1 fully saturated rings. The summed E-state index contributed by atoms with van der Waals surface area (Å²) >= 11 is 0. The van der Waals surface area contributed by atoms with E-state index in [9.17, 15) is 9.90 Å². The van der Waals surface area contributed by atoms with E-state index in [2.05, 4.69) is 29.9 Å². The highest BCUT2D eigenvalue weighted by molar-refractivity contribution is 5.80. The zero-order valence-corrected chi connectivity index (χ0v) is 9.94. The molecule has 92 valence electrons. The van der Waals surface area contributed by atoms with E-state index >= 15 is 0 Å².